The molecule has 0 bridgehead atoms. The lowest BCUT2D eigenvalue weighted by Gasteiger charge is -2.51. The van der Waals surface area contributed by atoms with Gasteiger partial charge in [-0.25, -0.2) is 8.78 Å². The van der Waals surface area contributed by atoms with E-state index in [0.29, 0.717) is 13.2 Å². The van der Waals surface area contributed by atoms with Crippen LogP contribution in [0.1, 0.15) is 45.3 Å². The molecule has 2 amide bonds. The highest BCUT2D eigenvalue weighted by atomic mass is 35.5. The van der Waals surface area contributed by atoms with Gasteiger partial charge in [0.15, 0.2) is 11.4 Å². The summed E-state index contributed by atoms with van der Waals surface area (Å²) in [6, 6.07) is 1.58. The minimum Gasteiger partial charge on any atom is -0.503 e. The number of fused-ring (bicyclic) bond motifs is 2. The fourth-order valence-corrected chi connectivity index (χ4v) is 5.27. The number of ether oxygens (including phenoxy) is 1. The average molecular weight is 480 g/mol. The molecule has 0 aliphatic carbocycles. The van der Waals surface area contributed by atoms with Crippen molar-refractivity contribution in [2.45, 2.75) is 31.5 Å². The Morgan fingerprint density at radius 1 is 1.27 bits per heavy atom. The van der Waals surface area contributed by atoms with Crippen LogP contribution in [0.15, 0.2) is 23.1 Å². The van der Waals surface area contributed by atoms with Crippen LogP contribution in [0.25, 0.3) is 0 Å². The van der Waals surface area contributed by atoms with E-state index in [9.17, 15) is 28.3 Å². The molecule has 1 aromatic carbocycles. The van der Waals surface area contributed by atoms with Crippen LogP contribution in [0.5, 0.6) is 5.75 Å². The van der Waals surface area contributed by atoms with E-state index in [4.69, 9.17) is 16.3 Å². The zero-order valence-corrected chi connectivity index (χ0v) is 18.1. The van der Waals surface area contributed by atoms with Gasteiger partial charge in [0, 0.05) is 30.8 Å². The number of carbonyl (C=O) groups is 2. The number of carbonyl (C=O) groups excluding carboxylic acids is 2. The molecule has 0 saturated carbocycles. The number of benzene rings is 1. The third kappa shape index (κ3) is 3.39. The summed E-state index contributed by atoms with van der Waals surface area (Å²) in [6.45, 7) is 0.945. The Labute approximate surface area is 191 Å². The van der Waals surface area contributed by atoms with Crippen LogP contribution in [-0.4, -0.2) is 52.2 Å². The summed E-state index contributed by atoms with van der Waals surface area (Å²) in [6.07, 6.45) is 2.95. The molecule has 2 fully saturated rings. The largest absolute Gasteiger partial charge is 0.503 e. The van der Waals surface area contributed by atoms with Crippen LogP contribution in [0.2, 0.25) is 5.02 Å². The lowest BCUT2D eigenvalue weighted by atomic mass is 9.81. The first kappa shape index (κ1) is 21.8. The molecule has 2 N–H and O–H groups in total. The molecule has 3 atom stereocenters. The standard InChI is InChI=1S/C22H20ClF2N3O5/c23-15-13(24)4-3-10(16(15)25)6-26-21(31)12-7-28-14-9-33-8-11-2-1-5-27(17(11)14)22(32)18(28)20(30)19(12)29/h3-4,7,11,14,17,30H,1-2,5-6,8-9H2,(H,26,31)/t11?,14-,17?/m0/s1. The van der Waals surface area contributed by atoms with Gasteiger partial charge < -0.3 is 24.6 Å². The van der Waals surface area contributed by atoms with E-state index in [2.05, 4.69) is 5.32 Å². The highest BCUT2D eigenvalue weighted by Crippen LogP contribution is 2.41. The number of hydrogen-bond acceptors (Lipinski definition) is 5. The van der Waals surface area contributed by atoms with E-state index >= 15 is 0 Å². The smallest absolute Gasteiger partial charge is 0.274 e. The molecule has 5 rings (SSSR count). The number of rotatable bonds is 3. The highest BCUT2D eigenvalue weighted by Gasteiger charge is 2.49. The molecule has 0 radical (unpaired) electrons. The summed E-state index contributed by atoms with van der Waals surface area (Å²) in [7, 11) is 0. The van der Waals surface area contributed by atoms with Crippen LogP contribution in [-0.2, 0) is 11.3 Å². The SMILES string of the molecule is O=C(NCc1ccc(F)c(Cl)c1F)c1cn2c(c(O)c1=O)C(=O)N1CCCC3COC[C@H]2C31. The Balaban J connectivity index is 1.49. The van der Waals surface area contributed by atoms with Crippen molar-refractivity contribution in [3.8, 4) is 5.75 Å². The zero-order chi connectivity index (χ0) is 23.4. The van der Waals surface area contributed by atoms with Crippen LogP contribution in [0.3, 0.4) is 0 Å². The van der Waals surface area contributed by atoms with E-state index in [1.165, 1.54) is 10.8 Å². The van der Waals surface area contributed by atoms with Crippen molar-refractivity contribution in [3.05, 3.63) is 62.0 Å². The third-order valence-corrected chi connectivity index (χ3v) is 7.01. The maximum absolute atomic E-state index is 14.1. The Bertz CT molecular complexity index is 1230. The molecule has 3 aliphatic rings. The summed E-state index contributed by atoms with van der Waals surface area (Å²) in [5.41, 5.74) is -1.65. The van der Waals surface area contributed by atoms with E-state index in [0.717, 1.165) is 25.0 Å². The maximum Gasteiger partial charge on any atom is 0.274 e. The first-order valence-corrected chi connectivity index (χ1v) is 10.9. The van der Waals surface area contributed by atoms with Gasteiger partial charge in [0.05, 0.1) is 25.3 Å². The van der Waals surface area contributed by atoms with E-state index in [1.807, 2.05) is 0 Å². The molecule has 2 unspecified atom stereocenters. The number of hydrogen-bond donors (Lipinski definition) is 2. The van der Waals surface area contributed by atoms with Gasteiger partial charge in [0.25, 0.3) is 11.8 Å². The molecule has 2 saturated heterocycles. The fourth-order valence-electron chi connectivity index (χ4n) is 5.09. The second kappa shape index (κ2) is 8.11. The van der Waals surface area contributed by atoms with Gasteiger partial charge >= 0.3 is 0 Å². The van der Waals surface area contributed by atoms with Crippen LogP contribution < -0.4 is 10.7 Å². The summed E-state index contributed by atoms with van der Waals surface area (Å²) < 4.78 is 34.7. The van der Waals surface area contributed by atoms with Crippen LogP contribution >= 0.6 is 11.6 Å². The normalized spacial score (nSPS) is 23.7. The molecule has 2 aromatic rings. The minimum absolute atomic E-state index is 0.0754. The van der Waals surface area contributed by atoms with Crippen molar-refractivity contribution in [1.82, 2.24) is 14.8 Å². The number of nitrogens with zero attached hydrogens (tertiary/aromatic N) is 2. The Kier molecular flexibility index (Phi) is 5.37. The molecule has 4 heterocycles. The van der Waals surface area contributed by atoms with Gasteiger partial charge in [-0.1, -0.05) is 17.7 Å². The lowest BCUT2D eigenvalue weighted by molar-refractivity contribution is -0.0680. The summed E-state index contributed by atoms with van der Waals surface area (Å²) in [5.74, 6) is -3.97. The van der Waals surface area contributed by atoms with E-state index in [-0.39, 0.29) is 42.4 Å². The quantitative estimate of drug-likeness (QED) is 0.657. The second-order valence-electron chi connectivity index (χ2n) is 8.49. The Hall–Kier alpha value is -2.98. The average Bonchev–Trinajstić information content (AvgIpc) is 2.82. The van der Waals surface area contributed by atoms with E-state index < -0.39 is 45.2 Å². The van der Waals surface area contributed by atoms with Gasteiger partial charge in [0.1, 0.15) is 22.2 Å². The molecule has 0 spiro atoms. The predicted molar refractivity (Wildman–Crippen MR) is 112 cm³/mol. The minimum atomic E-state index is -1.02. The van der Waals surface area contributed by atoms with Crippen molar-refractivity contribution in [3.63, 3.8) is 0 Å². The fraction of sp³-hybridized carbons (Fsp3) is 0.409. The summed E-state index contributed by atoms with van der Waals surface area (Å²) in [4.78, 5) is 40.4. The van der Waals surface area contributed by atoms with Crippen molar-refractivity contribution in [2.24, 2.45) is 5.92 Å². The van der Waals surface area contributed by atoms with Gasteiger partial charge in [-0.2, -0.15) is 0 Å². The molecule has 1 aromatic heterocycles. The van der Waals surface area contributed by atoms with Gasteiger partial charge in [0.2, 0.25) is 5.43 Å². The molecule has 11 heteroatoms. The maximum atomic E-state index is 14.1. The second-order valence-corrected chi connectivity index (χ2v) is 8.87. The first-order chi connectivity index (χ1) is 15.8. The van der Waals surface area contributed by atoms with Crippen molar-refractivity contribution in [2.75, 3.05) is 19.8 Å². The van der Waals surface area contributed by atoms with Crippen LogP contribution in [0.4, 0.5) is 8.78 Å². The van der Waals surface area contributed by atoms with Crippen molar-refractivity contribution >= 4 is 23.4 Å². The van der Waals surface area contributed by atoms with Gasteiger partial charge in [-0.05, 0) is 18.9 Å². The summed E-state index contributed by atoms with van der Waals surface area (Å²) in [5, 5.41) is 12.3. The monoisotopic (exact) mass is 479 g/mol. The number of piperidine rings is 1. The number of amides is 2. The molecule has 33 heavy (non-hydrogen) atoms. The lowest BCUT2D eigenvalue weighted by Crippen LogP contribution is -2.61. The van der Waals surface area contributed by atoms with Crippen molar-refractivity contribution in [1.29, 1.82) is 0 Å². The molecule has 3 aliphatic heterocycles. The number of aromatic nitrogens is 1. The van der Waals surface area contributed by atoms with Gasteiger partial charge in [-0.15, -0.1) is 0 Å². The molecular formula is C22H20ClF2N3O5. The van der Waals surface area contributed by atoms with Crippen molar-refractivity contribution < 1.29 is 28.2 Å². The van der Waals surface area contributed by atoms with Gasteiger partial charge in [-0.3, -0.25) is 14.4 Å². The first-order valence-electron chi connectivity index (χ1n) is 10.6. The number of aromatic hydroxyl groups is 1. The summed E-state index contributed by atoms with van der Waals surface area (Å²) >= 11 is 5.56. The Morgan fingerprint density at radius 3 is 2.85 bits per heavy atom. The molecular weight excluding hydrogens is 460 g/mol. The molecule has 174 valence electrons. The molecule has 8 nitrogen and oxygen atoms in total. The number of nitrogens with one attached hydrogen (secondary N) is 1. The highest BCUT2D eigenvalue weighted by molar-refractivity contribution is 6.30. The topological polar surface area (TPSA) is 101 Å². The number of halogens is 3. The van der Waals surface area contributed by atoms with Crippen LogP contribution in [0, 0.1) is 17.6 Å². The third-order valence-electron chi connectivity index (χ3n) is 6.66. The van der Waals surface area contributed by atoms with E-state index in [1.54, 1.807) is 4.90 Å². The zero-order valence-electron chi connectivity index (χ0n) is 17.3. The number of pyridine rings is 1. The Morgan fingerprint density at radius 2 is 2.06 bits per heavy atom. The predicted octanol–water partition coefficient (Wildman–Crippen LogP) is 2.22.